The molecule has 0 radical (unpaired) electrons. The molecule has 2 saturated heterocycles. The third-order valence-corrected chi connectivity index (χ3v) is 6.11. The number of aliphatic hydroxyl groups is 1. The van der Waals surface area contributed by atoms with E-state index in [4.69, 9.17) is 4.74 Å². The molecule has 0 aliphatic carbocycles. The first-order valence-corrected chi connectivity index (χ1v) is 10.9. The number of nitrogens with zero attached hydrogens (tertiary/aromatic N) is 1. The van der Waals surface area contributed by atoms with Crippen LogP contribution in [0.3, 0.4) is 0 Å². The number of nitrogens with one attached hydrogen (secondary N) is 1. The Balaban J connectivity index is 1.64. The number of hydrogen-bond acceptors (Lipinski definition) is 4. The van der Waals surface area contributed by atoms with Crippen molar-refractivity contribution in [3.63, 3.8) is 0 Å². The molecule has 6 heteroatoms. The second-order valence-corrected chi connectivity index (χ2v) is 8.24. The van der Waals surface area contributed by atoms with Gasteiger partial charge in [-0.1, -0.05) is 60.2 Å². The van der Waals surface area contributed by atoms with Crippen molar-refractivity contribution in [3.05, 3.63) is 76.9 Å². The average Bonchev–Trinajstić information content (AvgIpc) is 3.05. The van der Waals surface area contributed by atoms with Gasteiger partial charge in [0.05, 0.1) is 31.4 Å². The second kappa shape index (κ2) is 9.45. The van der Waals surface area contributed by atoms with Crippen molar-refractivity contribution in [2.24, 2.45) is 0 Å². The number of hydrogen-bond donors (Lipinski definition) is 2. The summed E-state index contributed by atoms with van der Waals surface area (Å²) in [7, 11) is 0. The zero-order valence-corrected chi connectivity index (χ0v) is 17.8. The monoisotopic (exact) mass is 421 g/mol. The Morgan fingerprint density at radius 2 is 1.74 bits per heavy atom. The number of carbonyl (C=O) groups excluding carboxylic acids is 2. The lowest BCUT2D eigenvalue weighted by Gasteiger charge is -2.27. The number of amides is 1. The summed E-state index contributed by atoms with van der Waals surface area (Å²) < 4.78 is 5.41. The number of Topliss-reactive ketones (excluding diaryl/α,β-unsaturated/α-hetero) is 1. The molecule has 2 aliphatic rings. The number of benzene rings is 2. The summed E-state index contributed by atoms with van der Waals surface area (Å²) in [6.45, 7) is 6.82. The smallest absolute Gasteiger partial charge is 0.295 e. The highest BCUT2D eigenvalue weighted by Crippen LogP contribution is 2.39. The maximum absolute atomic E-state index is 13.0. The average molecular weight is 422 g/mol. The Morgan fingerprint density at radius 1 is 1.06 bits per heavy atom. The van der Waals surface area contributed by atoms with Crippen molar-refractivity contribution >= 4 is 17.4 Å². The minimum atomic E-state index is -0.620. The zero-order valence-electron chi connectivity index (χ0n) is 17.8. The number of carbonyl (C=O) groups is 2. The molecule has 31 heavy (non-hydrogen) atoms. The number of quaternary nitrogens is 1. The molecule has 0 aromatic heterocycles. The Kier molecular flexibility index (Phi) is 6.49. The van der Waals surface area contributed by atoms with Crippen LogP contribution in [-0.2, 0) is 14.3 Å². The lowest BCUT2D eigenvalue weighted by Crippen LogP contribution is -3.14. The van der Waals surface area contributed by atoms with Gasteiger partial charge in [0.2, 0.25) is 0 Å². The van der Waals surface area contributed by atoms with Gasteiger partial charge in [-0.2, -0.15) is 0 Å². The topological polar surface area (TPSA) is 71.3 Å². The van der Waals surface area contributed by atoms with Gasteiger partial charge in [0.15, 0.2) is 0 Å². The molecular weight excluding hydrogens is 392 g/mol. The molecule has 1 atom stereocenters. The van der Waals surface area contributed by atoms with Crippen molar-refractivity contribution in [3.8, 4) is 0 Å². The summed E-state index contributed by atoms with van der Waals surface area (Å²) in [4.78, 5) is 29.1. The van der Waals surface area contributed by atoms with E-state index in [-0.39, 0.29) is 11.3 Å². The number of likely N-dealkylation sites (tertiary alicyclic amines) is 1. The molecule has 0 bridgehead atoms. The van der Waals surface area contributed by atoms with Gasteiger partial charge in [-0.05, 0) is 12.5 Å². The van der Waals surface area contributed by atoms with E-state index in [2.05, 4.69) is 0 Å². The number of aryl methyl sites for hydroxylation is 1. The predicted molar refractivity (Wildman–Crippen MR) is 118 cm³/mol. The molecule has 0 spiro atoms. The third kappa shape index (κ3) is 4.55. The maximum atomic E-state index is 13.0. The van der Waals surface area contributed by atoms with Crippen molar-refractivity contribution in [2.45, 2.75) is 19.4 Å². The number of morpholine rings is 1. The number of ketones is 1. The molecule has 1 amide bonds. The quantitative estimate of drug-likeness (QED) is 0.423. The summed E-state index contributed by atoms with van der Waals surface area (Å²) in [6, 6.07) is 16.2. The van der Waals surface area contributed by atoms with Gasteiger partial charge in [-0.15, -0.1) is 0 Å². The van der Waals surface area contributed by atoms with Crippen LogP contribution in [0, 0.1) is 6.92 Å². The van der Waals surface area contributed by atoms with Crippen LogP contribution in [0.5, 0.6) is 0 Å². The van der Waals surface area contributed by atoms with Crippen molar-refractivity contribution < 1.29 is 24.3 Å². The van der Waals surface area contributed by atoms with Gasteiger partial charge in [0.1, 0.15) is 18.8 Å². The Labute approximate surface area is 182 Å². The lowest BCUT2D eigenvalue weighted by molar-refractivity contribution is -0.908. The van der Waals surface area contributed by atoms with Gasteiger partial charge in [-0.25, -0.2) is 0 Å². The van der Waals surface area contributed by atoms with Crippen molar-refractivity contribution in [1.82, 2.24) is 4.90 Å². The normalized spacial score (nSPS) is 21.6. The van der Waals surface area contributed by atoms with Crippen LogP contribution >= 0.6 is 0 Å². The molecule has 2 heterocycles. The number of rotatable bonds is 6. The number of aliphatic hydroxyl groups excluding tert-OH is 1. The van der Waals surface area contributed by atoms with Gasteiger partial charge in [0.25, 0.3) is 11.7 Å². The summed E-state index contributed by atoms with van der Waals surface area (Å²) >= 11 is 0. The van der Waals surface area contributed by atoms with Crippen LogP contribution in [0.1, 0.15) is 29.2 Å². The van der Waals surface area contributed by atoms with Gasteiger partial charge in [-0.3, -0.25) is 9.59 Å². The van der Waals surface area contributed by atoms with E-state index in [1.807, 2.05) is 49.4 Å². The number of ether oxygens (including phenoxy) is 1. The first-order valence-electron chi connectivity index (χ1n) is 10.9. The highest BCUT2D eigenvalue weighted by atomic mass is 16.5. The van der Waals surface area contributed by atoms with E-state index in [1.165, 1.54) is 4.90 Å². The van der Waals surface area contributed by atoms with E-state index in [0.717, 1.165) is 50.4 Å². The minimum absolute atomic E-state index is 0.117. The molecule has 4 rings (SSSR count). The molecular formula is C25H29N2O4+. The zero-order chi connectivity index (χ0) is 21.8. The van der Waals surface area contributed by atoms with Crippen LogP contribution < -0.4 is 4.90 Å². The van der Waals surface area contributed by atoms with E-state index in [1.54, 1.807) is 17.0 Å². The molecule has 162 valence electrons. The SMILES string of the molecule is Cc1ccc(C(O)=C2C(=O)C(=O)N(CCC[NH+]3CCOCC3)[C@H]2c2ccccc2)cc1. The Morgan fingerprint density at radius 3 is 2.42 bits per heavy atom. The fourth-order valence-corrected chi connectivity index (χ4v) is 4.37. The van der Waals surface area contributed by atoms with Crippen molar-refractivity contribution in [1.29, 1.82) is 0 Å². The van der Waals surface area contributed by atoms with E-state index < -0.39 is 17.7 Å². The Bertz CT molecular complexity index is 963. The van der Waals surface area contributed by atoms with E-state index in [0.29, 0.717) is 12.1 Å². The molecule has 0 saturated carbocycles. The summed E-state index contributed by atoms with van der Waals surface area (Å²) in [5, 5.41) is 11.0. The molecule has 6 nitrogen and oxygen atoms in total. The molecule has 2 aliphatic heterocycles. The lowest BCUT2D eigenvalue weighted by atomic mass is 9.95. The standard InChI is InChI=1S/C25H28N2O4/c1-18-8-10-20(11-9-18)23(28)21-22(19-6-3-2-4-7-19)27(25(30)24(21)29)13-5-12-26-14-16-31-17-15-26/h2-4,6-11,22,28H,5,12-17H2,1H3/p+1/t22-/m0/s1. The molecule has 2 aromatic rings. The maximum Gasteiger partial charge on any atom is 0.295 e. The first-order chi connectivity index (χ1) is 15.1. The largest absolute Gasteiger partial charge is 0.507 e. The molecule has 0 unspecified atom stereocenters. The van der Waals surface area contributed by atoms with Gasteiger partial charge < -0.3 is 19.6 Å². The van der Waals surface area contributed by atoms with Gasteiger partial charge in [0, 0.05) is 18.5 Å². The van der Waals surface area contributed by atoms with Crippen LogP contribution in [0.15, 0.2) is 60.2 Å². The van der Waals surface area contributed by atoms with Crippen LogP contribution in [0.2, 0.25) is 0 Å². The van der Waals surface area contributed by atoms with Crippen LogP contribution in [0.4, 0.5) is 0 Å². The Hall–Kier alpha value is -2.96. The highest BCUT2D eigenvalue weighted by Gasteiger charge is 2.45. The predicted octanol–water partition coefficient (Wildman–Crippen LogP) is 1.72. The van der Waals surface area contributed by atoms with Crippen LogP contribution in [0.25, 0.3) is 5.76 Å². The molecule has 2 fully saturated rings. The minimum Gasteiger partial charge on any atom is -0.507 e. The first kappa shape index (κ1) is 21.3. The highest BCUT2D eigenvalue weighted by molar-refractivity contribution is 6.46. The fraction of sp³-hybridized carbons (Fsp3) is 0.360. The third-order valence-electron chi connectivity index (χ3n) is 6.11. The van der Waals surface area contributed by atoms with E-state index >= 15 is 0 Å². The van der Waals surface area contributed by atoms with Crippen molar-refractivity contribution in [2.75, 3.05) is 39.4 Å². The molecule has 2 N–H and O–H groups in total. The fourth-order valence-electron chi connectivity index (χ4n) is 4.37. The van der Waals surface area contributed by atoms with E-state index in [9.17, 15) is 14.7 Å². The van der Waals surface area contributed by atoms with Gasteiger partial charge >= 0.3 is 0 Å². The summed E-state index contributed by atoms with van der Waals surface area (Å²) in [5.41, 5.74) is 2.59. The summed E-state index contributed by atoms with van der Waals surface area (Å²) in [6.07, 6.45) is 0.788. The summed E-state index contributed by atoms with van der Waals surface area (Å²) in [5.74, 6) is -1.28. The van der Waals surface area contributed by atoms with Crippen LogP contribution in [-0.4, -0.2) is 61.1 Å². The molecule has 2 aromatic carbocycles. The second-order valence-electron chi connectivity index (χ2n) is 8.24.